The average Bonchev–Trinajstić information content (AvgIpc) is 3.46. The highest BCUT2D eigenvalue weighted by atomic mass is 16.5. The zero-order chi connectivity index (χ0) is 20.4. The summed E-state index contributed by atoms with van der Waals surface area (Å²) in [6.45, 7) is 4.58. The van der Waals surface area contributed by atoms with Crippen molar-refractivity contribution in [3.8, 4) is 5.95 Å². The van der Waals surface area contributed by atoms with E-state index in [0.29, 0.717) is 30.4 Å². The van der Waals surface area contributed by atoms with Crippen LogP contribution in [0.4, 0.5) is 0 Å². The van der Waals surface area contributed by atoms with Crippen LogP contribution in [0, 0.1) is 0 Å². The van der Waals surface area contributed by atoms with Gasteiger partial charge in [-0.15, -0.1) is 0 Å². The molecule has 3 heterocycles. The van der Waals surface area contributed by atoms with Gasteiger partial charge < -0.3 is 14.1 Å². The number of rotatable bonds is 7. The van der Waals surface area contributed by atoms with Crippen LogP contribution < -0.4 is 0 Å². The quantitative estimate of drug-likeness (QED) is 0.482. The molecule has 1 unspecified atom stereocenters. The third-order valence-electron chi connectivity index (χ3n) is 4.96. The Morgan fingerprint density at radius 1 is 1.31 bits per heavy atom. The molecule has 4 aromatic rings. The van der Waals surface area contributed by atoms with Crippen molar-refractivity contribution in [3.05, 3.63) is 65.9 Å². The molecule has 0 aliphatic heterocycles. The van der Waals surface area contributed by atoms with E-state index in [9.17, 15) is 4.79 Å². The van der Waals surface area contributed by atoms with E-state index < -0.39 is 5.97 Å². The number of esters is 1. The van der Waals surface area contributed by atoms with Gasteiger partial charge in [-0.25, -0.2) is 14.5 Å². The van der Waals surface area contributed by atoms with Crippen molar-refractivity contribution >= 4 is 17.0 Å². The number of carbonyl (C=O) groups is 1. The first-order valence-corrected chi connectivity index (χ1v) is 9.51. The molecule has 4 rings (SSSR count). The largest absolute Gasteiger partial charge is 0.468 e. The smallest absolute Gasteiger partial charge is 0.341 e. The summed E-state index contributed by atoms with van der Waals surface area (Å²) in [7, 11) is 1.97. The van der Waals surface area contributed by atoms with Gasteiger partial charge in [0.25, 0.3) is 0 Å². The third-order valence-corrected chi connectivity index (χ3v) is 4.96. The molecule has 0 radical (unpaired) electrons. The summed E-state index contributed by atoms with van der Waals surface area (Å²) in [5.41, 5.74) is 2.85. The van der Waals surface area contributed by atoms with Crippen LogP contribution in [-0.2, 0) is 11.3 Å². The topological polar surface area (TPSA) is 89.2 Å². The summed E-state index contributed by atoms with van der Waals surface area (Å²) in [6.07, 6.45) is 3.19. The number of hydrogen-bond donors (Lipinski definition) is 1. The molecular weight excluding hydrogens is 370 g/mol. The average molecular weight is 393 g/mol. The monoisotopic (exact) mass is 393 g/mol. The minimum Gasteiger partial charge on any atom is -0.468 e. The van der Waals surface area contributed by atoms with Gasteiger partial charge in [0.1, 0.15) is 11.3 Å². The van der Waals surface area contributed by atoms with E-state index >= 15 is 0 Å². The fourth-order valence-electron chi connectivity index (χ4n) is 3.25. The van der Waals surface area contributed by atoms with Crippen LogP contribution in [0.15, 0.2) is 53.3 Å². The summed E-state index contributed by atoms with van der Waals surface area (Å²) >= 11 is 0. The maximum atomic E-state index is 12.5. The molecule has 0 saturated heterocycles. The van der Waals surface area contributed by atoms with E-state index in [-0.39, 0.29) is 6.04 Å². The van der Waals surface area contributed by atoms with Crippen molar-refractivity contribution < 1.29 is 13.9 Å². The molecule has 1 N–H and O–H groups in total. The van der Waals surface area contributed by atoms with Gasteiger partial charge in [0.15, 0.2) is 0 Å². The van der Waals surface area contributed by atoms with E-state index in [2.05, 4.69) is 20.0 Å². The first kappa shape index (κ1) is 18.9. The minimum absolute atomic E-state index is 0.0130. The normalized spacial score (nSPS) is 12.6. The highest BCUT2D eigenvalue weighted by molar-refractivity contribution is 5.90. The number of furan rings is 1. The summed E-state index contributed by atoms with van der Waals surface area (Å²) in [6, 6.07) is 11.6. The van der Waals surface area contributed by atoms with Gasteiger partial charge in [-0.05, 0) is 45.2 Å². The fourth-order valence-corrected chi connectivity index (χ4v) is 3.25. The number of benzene rings is 1. The number of carbonyl (C=O) groups excluding carboxylic acids is 1. The predicted octanol–water partition coefficient (Wildman–Crippen LogP) is 3.71. The summed E-state index contributed by atoms with van der Waals surface area (Å²) < 4.78 is 12.4. The molecule has 0 aliphatic carbocycles. The number of fused-ring (bicyclic) bond motifs is 1. The van der Waals surface area contributed by atoms with Crippen molar-refractivity contribution in [3.63, 3.8) is 0 Å². The van der Waals surface area contributed by atoms with Gasteiger partial charge in [-0.1, -0.05) is 12.1 Å². The van der Waals surface area contributed by atoms with Crippen LogP contribution in [0.3, 0.4) is 0 Å². The molecule has 0 fully saturated rings. The van der Waals surface area contributed by atoms with Crippen molar-refractivity contribution in [1.29, 1.82) is 0 Å². The molecule has 8 nitrogen and oxygen atoms in total. The molecule has 0 saturated carbocycles. The molecule has 0 spiro atoms. The van der Waals surface area contributed by atoms with Crippen molar-refractivity contribution in [1.82, 2.24) is 24.6 Å². The van der Waals surface area contributed by atoms with Gasteiger partial charge in [0.05, 0.1) is 41.8 Å². The minimum atomic E-state index is -0.399. The summed E-state index contributed by atoms with van der Waals surface area (Å²) in [5.74, 6) is 1.000. The van der Waals surface area contributed by atoms with Crippen LogP contribution in [0.2, 0.25) is 0 Å². The number of para-hydroxylation sites is 2. The first-order chi connectivity index (χ1) is 14.1. The molecule has 1 aromatic carbocycles. The van der Waals surface area contributed by atoms with Crippen LogP contribution >= 0.6 is 0 Å². The maximum absolute atomic E-state index is 12.5. The Hall–Kier alpha value is -3.39. The lowest BCUT2D eigenvalue weighted by atomic mass is 10.2. The Bertz CT molecular complexity index is 1080. The molecule has 150 valence electrons. The number of H-pyrrole nitrogens is 1. The number of aromatic amines is 1. The molecule has 1 atom stereocenters. The maximum Gasteiger partial charge on any atom is 0.341 e. The van der Waals surface area contributed by atoms with Crippen LogP contribution in [0.25, 0.3) is 17.0 Å². The fraction of sp³-hybridized carbons (Fsp3) is 0.286. The van der Waals surface area contributed by atoms with E-state index in [1.807, 2.05) is 50.4 Å². The highest BCUT2D eigenvalue weighted by Crippen LogP contribution is 2.24. The van der Waals surface area contributed by atoms with Crippen molar-refractivity contribution in [2.24, 2.45) is 0 Å². The Kier molecular flexibility index (Phi) is 5.18. The molecule has 8 heteroatoms. The van der Waals surface area contributed by atoms with E-state index in [1.165, 1.54) is 6.20 Å². The Morgan fingerprint density at radius 3 is 2.86 bits per heavy atom. The highest BCUT2D eigenvalue weighted by Gasteiger charge is 2.24. The number of aromatic nitrogens is 4. The van der Waals surface area contributed by atoms with Crippen molar-refractivity contribution in [2.75, 3.05) is 13.7 Å². The van der Waals surface area contributed by atoms with E-state index in [1.54, 1.807) is 17.9 Å². The molecule has 29 heavy (non-hydrogen) atoms. The third kappa shape index (κ3) is 3.66. The summed E-state index contributed by atoms with van der Waals surface area (Å²) in [4.78, 5) is 22.5. The van der Waals surface area contributed by atoms with E-state index in [0.717, 1.165) is 16.8 Å². The number of imidazole rings is 1. The lowest BCUT2D eigenvalue weighted by molar-refractivity contribution is 0.0523. The Morgan fingerprint density at radius 2 is 2.14 bits per heavy atom. The van der Waals surface area contributed by atoms with Gasteiger partial charge in [-0.2, -0.15) is 5.10 Å². The first-order valence-electron chi connectivity index (χ1n) is 9.51. The zero-order valence-electron chi connectivity index (χ0n) is 16.6. The molecule has 3 aromatic heterocycles. The van der Waals surface area contributed by atoms with Crippen LogP contribution in [0.1, 0.15) is 41.7 Å². The lowest BCUT2D eigenvalue weighted by Gasteiger charge is -2.23. The summed E-state index contributed by atoms with van der Waals surface area (Å²) in [5, 5.41) is 4.43. The number of nitrogens with zero attached hydrogens (tertiary/aromatic N) is 4. The van der Waals surface area contributed by atoms with Crippen molar-refractivity contribution in [2.45, 2.75) is 26.4 Å². The molecular formula is C21H23N5O3. The Labute approximate surface area is 168 Å². The Balaban J connectivity index is 1.72. The number of hydrogen-bond acceptors (Lipinski definition) is 6. The van der Waals surface area contributed by atoms with Crippen LogP contribution in [-0.4, -0.2) is 44.3 Å². The SMILES string of the molecule is CCOC(=O)c1cnn(-c2nc3ccccc3[nH]2)c1CN(C)C(C)c1ccco1. The molecule has 0 amide bonds. The zero-order valence-corrected chi connectivity index (χ0v) is 16.6. The molecule has 0 bridgehead atoms. The van der Waals surface area contributed by atoms with Gasteiger partial charge in [0, 0.05) is 6.54 Å². The van der Waals surface area contributed by atoms with Gasteiger partial charge in [0.2, 0.25) is 5.95 Å². The second kappa shape index (κ2) is 7.92. The van der Waals surface area contributed by atoms with E-state index in [4.69, 9.17) is 9.15 Å². The van der Waals surface area contributed by atoms with Gasteiger partial charge in [-0.3, -0.25) is 4.90 Å². The van der Waals surface area contributed by atoms with Crippen LogP contribution in [0.5, 0.6) is 0 Å². The second-order valence-corrected chi connectivity index (χ2v) is 6.82. The lowest BCUT2D eigenvalue weighted by Crippen LogP contribution is -2.25. The second-order valence-electron chi connectivity index (χ2n) is 6.82. The number of nitrogens with one attached hydrogen (secondary N) is 1. The molecule has 0 aliphatic rings. The number of ether oxygens (including phenoxy) is 1. The standard InChI is InChI=1S/C21H23N5O3/c1-4-28-20(27)15-12-22-26(21-23-16-8-5-6-9-17(16)24-21)18(15)13-25(3)14(2)19-10-7-11-29-19/h5-12,14H,4,13H2,1-3H3,(H,23,24). The van der Waals surface area contributed by atoms with Gasteiger partial charge >= 0.3 is 5.97 Å². The predicted molar refractivity (Wildman–Crippen MR) is 108 cm³/mol.